The summed E-state index contributed by atoms with van der Waals surface area (Å²) in [5.41, 5.74) is -0.107. The highest BCUT2D eigenvalue weighted by molar-refractivity contribution is 4.85. The van der Waals surface area contributed by atoms with E-state index in [0.29, 0.717) is 0 Å². The van der Waals surface area contributed by atoms with Gasteiger partial charge in [0, 0.05) is 18.8 Å². The summed E-state index contributed by atoms with van der Waals surface area (Å²) in [5, 5.41) is 13.0. The summed E-state index contributed by atoms with van der Waals surface area (Å²) in [5.74, 6) is 0.720. The largest absolute Gasteiger partial charge is 0.394 e. The van der Waals surface area contributed by atoms with Crippen molar-refractivity contribution in [2.75, 3.05) is 26.4 Å². The maximum absolute atomic E-state index is 9.58. The Hall–Kier alpha value is -0.120. The van der Waals surface area contributed by atoms with Gasteiger partial charge in [0.25, 0.3) is 0 Å². The Labute approximate surface area is 126 Å². The first kappa shape index (κ1) is 19.9. The van der Waals surface area contributed by atoms with Crippen LogP contribution in [0.1, 0.15) is 72.6 Å². The fourth-order valence-electron chi connectivity index (χ4n) is 2.67. The fraction of sp³-hybridized carbons (Fsp3) is 1.00. The van der Waals surface area contributed by atoms with Crippen LogP contribution in [-0.2, 0) is 4.74 Å². The van der Waals surface area contributed by atoms with Gasteiger partial charge in [-0.25, -0.2) is 0 Å². The maximum Gasteiger partial charge on any atom is 0.0613 e. The van der Waals surface area contributed by atoms with Crippen molar-refractivity contribution in [1.82, 2.24) is 5.32 Å². The van der Waals surface area contributed by atoms with Crippen LogP contribution in [-0.4, -0.2) is 37.0 Å². The number of rotatable bonds is 14. The van der Waals surface area contributed by atoms with Crippen LogP contribution >= 0.6 is 0 Å². The van der Waals surface area contributed by atoms with E-state index in [1.807, 2.05) is 0 Å². The van der Waals surface area contributed by atoms with Gasteiger partial charge in [0.1, 0.15) is 0 Å². The van der Waals surface area contributed by atoms with E-state index in [9.17, 15) is 5.11 Å². The Balaban J connectivity index is 3.82. The third-order valence-corrected chi connectivity index (χ3v) is 4.37. The van der Waals surface area contributed by atoms with Crippen LogP contribution in [0.5, 0.6) is 0 Å². The molecule has 3 nitrogen and oxygen atoms in total. The van der Waals surface area contributed by atoms with Crippen molar-refractivity contribution < 1.29 is 9.84 Å². The first-order valence-corrected chi connectivity index (χ1v) is 8.61. The lowest BCUT2D eigenvalue weighted by Crippen LogP contribution is -2.48. The molecule has 0 radical (unpaired) electrons. The normalized spacial score (nSPS) is 16.1. The number of nitrogens with one attached hydrogen (secondary N) is 1. The predicted octanol–water partition coefficient (Wildman–Crippen LogP) is 3.75. The fourth-order valence-corrected chi connectivity index (χ4v) is 2.67. The molecule has 122 valence electrons. The Kier molecular flexibility index (Phi) is 12.5. The minimum Gasteiger partial charge on any atom is -0.394 e. The van der Waals surface area contributed by atoms with E-state index in [0.717, 1.165) is 44.9 Å². The molecule has 0 fully saturated rings. The minimum absolute atomic E-state index is 0.107. The van der Waals surface area contributed by atoms with Gasteiger partial charge in [0.15, 0.2) is 0 Å². The van der Waals surface area contributed by atoms with E-state index in [1.165, 1.54) is 25.7 Å². The maximum atomic E-state index is 9.58. The molecule has 0 aromatic carbocycles. The first-order chi connectivity index (χ1) is 9.67. The van der Waals surface area contributed by atoms with Crippen molar-refractivity contribution in [3.05, 3.63) is 0 Å². The summed E-state index contributed by atoms with van der Waals surface area (Å²) >= 11 is 0. The van der Waals surface area contributed by atoms with Crippen LogP contribution in [0.15, 0.2) is 0 Å². The number of ether oxygens (including phenoxy) is 1. The lowest BCUT2D eigenvalue weighted by atomic mass is 9.91. The van der Waals surface area contributed by atoms with Crippen molar-refractivity contribution in [2.45, 2.75) is 78.2 Å². The second-order valence-electron chi connectivity index (χ2n) is 5.92. The molecule has 0 aromatic rings. The van der Waals surface area contributed by atoms with Gasteiger partial charge in [-0.3, -0.25) is 0 Å². The highest BCUT2D eigenvalue weighted by atomic mass is 16.5. The molecule has 0 rings (SSSR count). The lowest BCUT2D eigenvalue weighted by molar-refractivity contribution is 0.0777. The summed E-state index contributed by atoms with van der Waals surface area (Å²) in [6.07, 6.45) is 8.06. The first-order valence-electron chi connectivity index (χ1n) is 8.61. The molecule has 2 atom stereocenters. The van der Waals surface area contributed by atoms with Gasteiger partial charge in [-0.2, -0.15) is 0 Å². The van der Waals surface area contributed by atoms with Crippen molar-refractivity contribution in [2.24, 2.45) is 5.92 Å². The quantitative estimate of drug-likeness (QED) is 0.478. The van der Waals surface area contributed by atoms with E-state index in [2.05, 4.69) is 33.0 Å². The average Bonchev–Trinajstić information content (AvgIpc) is 2.49. The molecular weight excluding hydrogens is 250 g/mol. The van der Waals surface area contributed by atoms with E-state index in [1.54, 1.807) is 0 Å². The smallest absolute Gasteiger partial charge is 0.0613 e. The number of hydrogen-bond donors (Lipinski definition) is 2. The van der Waals surface area contributed by atoms with E-state index in [-0.39, 0.29) is 12.1 Å². The summed E-state index contributed by atoms with van der Waals surface area (Å²) < 4.78 is 5.84. The Morgan fingerprint density at radius 3 is 2.40 bits per heavy atom. The third kappa shape index (κ3) is 8.23. The Morgan fingerprint density at radius 1 is 1.15 bits per heavy atom. The predicted molar refractivity (Wildman–Crippen MR) is 87.1 cm³/mol. The van der Waals surface area contributed by atoms with Crippen LogP contribution in [0, 0.1) is 5.92 Å². The molecule has 0 saturated carbocycles. The topological polar surface area (TPSA) is 41.5 Å². The van der Waals surface area contributed by atoms with Crippen LogP contribution in [0.4, 0.5) is 0 Å². The standard InChI is InChI=1S/C17H37NO2/c1-5-9-11-16(6-2)14-20-13-10-12-17(7-3,15-19)18-8-4/h16,18-19H,5-15H2,1-4H3. The molecule has 2 N–H and O–H groups in total. The molecule has 0 amide bonds. The van der Waals surface area contributed by atoms with E-state index in [4.69, 9.17) is 4.74 Å². The highest BCUT2D eigenvalue weighted by Crippen LogP contribution is 2.17. The van der Waals surface area contributed by atoms with Gasteiger partial charge in [-0.05, 0) is 38.1 Å². The van der Waals surface area contributed by atoms with Crippen LogP contribution in [0.2, 0.25) is 0 Å². The van der Waals surface area contributed by atoms with Crippen LogP contribution in [0.3, 0.4) is 0 Å². The molecule has 3 heteroatoms. The summed E-state index contributed by atoms with van der Waals surface area (Å²) in [6, 6.07) is 0. The van der Waals surface area contributed by atoms with Gasteiger partial charge < -0.3 is 15.2 Å². The molecule has 0 saturated heterocycles. The van der Waals surface area contributed by atoms with Crippen molar-refractivity contribution in [1.29, 1.82) is 0 Å². The molecule has 20 heavy (non-hydrogen) atoms. The zero-order chi connectivity index (χ0) is 15.3. The minimum atomic E-state index is -0.107. The van der Waals surface area contributed by atoms with Crippen molar-refractivity contribution in [3.8, 4) is 0 Å². The van der Waals surface area contributed by atoms with E-state index >= 15 is 0 Å². The van der Waals surface area contributed by atoms with E-state index < -0.39 is 0 Å². The monoisotopic (exact) mass is 287 g/mol. The Morgan fingerprint density at radius 2 is 1.90 bits per heavy atom. The van der Waals surface area contributed by atoms with Gasteiger partial charge in [-0.1, -0.05) is 47.0 Å². The molecule has 0 aliphatic carbocycles. The number of unbranched alkanes of at least 4 members (excludes halogenated alkanes) is 1. The Bertz CT molecular complexity index is 205. The molecule has 0 aliphatic rings. The van der Waals surface area contributed by atoms with Gasteiger partial charge in [-0.15, -0.1) is 0 Å². The molecule has 0 bridgehead atoms. The summed E-state index contributed by atoms with van der Waals surface area (Å²) in [4.78, 5) is 0. The second-order valence-corrected chi connectivity index (χ2v) is 5.92. The van der Waals surface area contributed by atoms with Crippen molar-refractivity contribution in [3.63, 3.8) is 0 Å². The average molecular weight is 287 g/mol. The number of hydrogen-bond acceptors (Lipinski definition) is 3. The summed E-state index contributed by atoms with van der Waals surface area (Å²) in [6.45, 7) is 11.6. The van der Waals surface area contributed by atoms with Crippen LogP contribution < -0.4 is 5.32 Å². The second kappa shape index (κ2) is 12.6. The third-order valence-electron chi connectivity index (χ3n) is 4.37. The lowest BCUT2D eigenvalue weighted by Gasteiger charge is -2.31. The zero-order valence-corrected chi connectivity index (χ0v) is 14.2. The van der Waals surface area contributed by atoms with Crippen LogP contribution in [0.25, 0.3) is 0 Å². The van der Waals surface area contributed by atoms with Gasteiger partial charge >= 0.3 is 0 Å². The molecule has 0 aromatic heterocycles. The molecule has 0 spiro atoms. The molecular formula is C17H37NO2. The summed E-state index contributed by atoms with van der Waals surface area (Å²) in [7, 11) is 0. The highest BCUT2D eigenvalue weighted by Gasteiger charge is 2.25. The SMILES string of the molecule is CCCCC(CC)COCCCC(CC)(CO)NCC. The number of likely N-dealkylation sites (N-methyl/N-ethyl adjacent to an activating group) is 1. The van der Waals surface area contributed by atoms with Gasteiger partial charge in [0.05, 0.1) is 6.61 Å². The number of aliphatic hydroxyl groups is 1. The zero-order valence-electron chi connectivity index (χ0n) is 14.2. The molecule has 2 unspecified atom stereocenters. The molecule has 0 aliphatic heterocycles. The van der Waals surface area contributed by atoms with Gasteiger partial charge in [0.2, 0.25) is 0 Å². The van der Waals surface area contributed by atoms with Crippen molar-refractivity contribution >= 4 is 0 Å². The number of aliphatic hydroxyl groups excluding tert-OH is 1. The molecule has 0 heterocycles.